The van der Waals surface area contributed by atoms with E-state index in [2.05, 4.69) is 71.3 Å². The van der Waals surface area contributed by atoms with Gasteiger partial charge in [0.05, 0.1) is 28.4 Å². The van der Waals surface area contributed by atoms with E-state index >= 15 is 0 Å². The molecule has 39 heavy (non-hydrogen) atoms. The number of para-hydroxylation sites is 2. The molecule has 0 aliphatic rings. The Kier molecular flexibility index (Phi) is 5.46. The lowest BCUT2D eigenvalue weighted by Crippen LogP contribution is -2.03. The molecule has 0 aliphatic carbocycles. The molecular weight excluding hydrogens is 476 g/mol. The summed E-state index contributed by atoms with van der Waals surface area (Å²) in [6.07, 6.45) is 0. The lowest BCUT2D eigenvalue weighted by Gasteiger charge is -2.14. The Morgan fingerprint density at radius 3 is 1.97 bits per heavy atom. The minimum Gasteiger partial charge on any atom is -0.293 e. The van der Waals surface area contributed by atoms with Gasteiger partial charge in [-0.05, 0) is 23.8 Å². The zero-order valence-corrected chi connectivity index (χ0v) is 21.0. The first-order valence-electron chi connectivity index (χ1n) is 12.8. The van der Waals surface area contributed by atoms with E-state index in [1.54, 1.807) is 0 Å². The molecule has 2 heterocycles. The van der Waals surface area contributed by atoms with Crippen LogP contribution in [-0.4, -0.2) is 14.5 Å². The number of benzene rings is 5. The molecule has 0 saturated heterocycles. The molecule has 4 nitrogen and oxygen atoms in total. The highest BCUT2D eigenvalue weighted by Crippen LogP contribution is 2.38. The predicted octanol–water partition coefficient (Wildman–Crippen LogP) is 8.45. The minimum absolute atomic E-state index is 0.641. The van der Waals surface area contributed by atoms with E-state index in [1.165, 1.54) is 0 Å². The van der Waals surface area contributed by atoms with Crippen molar-refractivity contribution in [3.63, 3.8) is 0 Å². The second kappa shape index (κ2) is 9.41. The quantitative estimate of drug-likeness (QED) is 0.245. The normalized spacial score (nSPS) is 11.1. The van der Waals surface area contributed by atoms with Gasteiger partial charge in [0.25, 0.3) is 0 Å². The van der Waals surface area contributed by atoms with Gasteiger partial charge < -0.3 is 0 Å². The van der Waals surface area contributed by atoms with Gasteiger partial charge in [-0.15, -0.1) is 0 Å². The van der Waals surface area contributed by atoms with Crippen LogP contribution in [0.15, 0.2) is 133 Å². The first kappa shape index (κ1) is 22.7. The summed E-state index contributed by atoms with van der Waals surface area (Å²) in [5.74, 6) is 1.48. The number of rotatable bonds is 4. The summed E-state index contributed by atoms with van der Waals surface area (Å²) in [6, 6.07) is 47.2. The Labute approximate surface area is 226 Å². The molecule has 0 N–H and O–H groups in total. The van der Waals surface area contributed by atoms with Crippen molar-refractivity contribution in [2.45, 2.75) is 0 Å². The number of hydrogen-bond donors (Lipinski definition) is 0. The topological polar surface area (TPSA) is 54.5 Å². The monoisotopic (exact) mass is 498 g/mol. The summed E-state index contributed by atoms with van der Waals surface area (Å²) >= 11 is 0. The van der Waals surface area contributed by atoms with Crippen molar-refractivity contribution >= 4 is 21.8 Å². The summed E-state index contributed by atoms with van der Waals surface area (Å²) in [4.78, 5) is 10.1. The molecule has 0 aliphatic heterocycles. The van der Waals surface area contributed by atoms with Gasteiger partial charge in [0.1, 0.15) is 5.82 Å². The molecule has 5 aromatic carbocycles. The standard InChI is InChI=1S/C35H22N4/c36-23-24-18-20-25(21-19-24)28-15-9-16-30-29-14-7-8-17-32(29)39(34(28)30)33-22-31(26-10-3-1-4-11-26)37-35(38-33)27-12-5-2-6-13-27/h1-22H. The molecule has 0 fully saturated rings. The Hall–Kier alpha value is -5.53. The van der Waals surface area contributed by atoms with E-state index in [0.717, 1.165) is 55.6 Å². The number of nitriles is 1. The van der Waals surface area contributed by atoms with E-state index in [9.17, 15) is 5.26 Å². The average Bonchev–Trinajstić information content (AvgIpc) is 3.36. The zero-order valence-electron chi connectivity index (χ0n) is 21.0. The maximum Gasteiger partial charge on any atom is 0.162 e. The number of hydrogen-bond acceptors (Lipinski definition) is 3. The SMILES string of the molecule is N#Cc1ccc(-c2cccc3c4ccccc4n(-c4cc(-c5ccccc5)nc(-c5ccccc5)n4)c23)cc1. The molecule has 0 unspecified atom stereocenters. The maximum absolute atomic E-state index is 9.33. The molecule has 4 heteroatoms. The molecule has 0 radical (unpaired) electrons. The van der Waals surface area contributed by atoms with Crippen molar-refractivity contribution in [3.05, 3.63) is 139 Å². The van der Waals surface area contributed by atoms with Crippen LogP contribution in [0.3, 0.4) is 0 Å². The number of aromatic nitrogens is 3. The van der Waals surface area contributed by atoms with Gasteiger partial charge in [-0.1, -0.05) is 109 Å². The Balaban J connectivity index is 1.58. The van der Waals surface area contributed by atoms with Gasteiger partial charge in [-0.25, -0.2) is 9.97 Å². The summed E-state index contributed by atoms with van der Waals surface area (Å²) < 4.78 is 2.25. The van der Waals surface area contributed by atoms with Crippen LogP contribution in [0.25, 0.3) is 61.4 Å². The molecule has 0 spiro atoms. The first-order valence-corrected chi connectivity index (χ1v) is 12.8. The summed E-state index contributed by atoms with van der Waals surface area (Å²) in [7, 11) is 0. The highest BCUT2D eigenvalue weighted by molar-refractivity contribution is 6.13. The van der Waals surface area contributed by atoms with E-state index in [-0.39, 0.29) is 0 Å². The largest absolute Gasteiger partial charge is 0.293 e. The van der Waals surface area contributed by atoms with Crippen LogP contribution < -0.4 is 0 Å². The Morgan fingerprint density at radius 1 is 0.564 bits per heavy atom. The van der Waals surface area contributed by atoms with Gasteiger partial charge in [0.15, 0.2) is 5.82 Å². The van der Waals surface area contributed by atoms with E-state index in [0.29, 0.717) is 11.4 Å². The van der Waals surface area contributed by atoms with E-state index < -0.39 is 0 Å². The third-order valence-corrected chi connectivity index (χ3v) is 7.06. The summed E-state index contributed by atoms with van der Waals surface area (Å²) in [5.41, 5.74) is 7.77. The fraction of sp³-hybridized carbons (Fsp3) is 0. The summed E-state index contributed by atoms with van der Waals surface area (Å²) in [5, 5.41) is 11.6. The lowest BCUT2D eigenvalue weighted by molar-refractivity contribution is 1.05. The highest BCUT2D eigenvalue weighted by atomic mass is 15.1. The van der Waals surface area contributed by atoms with Gasteiger partial charge >= 0.3 is 0 Å². The van der Waals surface area contributed by atoms with Crippen molar-refractivity contribution in [3.8, 4) is 45.7 Å². The molecule has 7 rings (SSSR count). The minimum atomic E-state index is 0.641. The van der Waals surface area contributed by atoms with Crippen LogP contribution in [-0.2, 0) is 0 Å². The second-order valence-corrected chi connectivity index (χ2v) is 9.41. The molecule has 7 aromatic rings. The predicted molar refractivity (Wildman–Crippen MR) is 157 cm³/mol. The fourth-order valence-electron chi connectivity index (χ4n) is 5.24. The maximum atomic E-state index is 9.33. The fourth-order valence-corrected chi connectivity index (χ4v) is 5.24. The number of fused-ring (bicyclic) bond motifs is 3. The van der Waals surface area contributed by atoms with Crippen molar-refractivity contribution in [2.75, 3.05) is 0 Å². The second-order valence-electron chi connectivity index (χ2n) is 9.41. The summed E-state index contributed by atoms with van der Waals surface area (Å²) in [6.45, 7) is 0. The molecule has 0 bridgehead atoms. The molecule has 182 valence electrons. The van der Waals surface area contributed by atoms with Gasteiger partial charge in [0, 0.05) is 33.5 Å². The van der Waals surface area contributed by atoms with Crippen LogP contribution >= 0.6 is 0 Å². The van der Waals surface area contributed by atoms with Crippen LogP contribution in [0.4, 0.5) is 0 Å². The van der Waals surface area contributed by atoms with Crippen LogP contribution in [0.5, 0.6) is 0 Å². The highest BCUT2D eigenvalue weighted by Gasteiger charge is 2.19. The van der Waals surface area contributed by atoms with E-state index in [1.807, 2.05) is 72.8 Å². The third kappa shape index (κ3) is 3.94. The zero-order chi connectivity index (χ0) is 26.2. The average molecular weight is 499 g/mol. The third-order valence-electron chi connectivity index (χ3n) is 7.06. The molecule has 0 amide bonds. The molecule has 0 atom stereocenters. The Morgan fingerprint density at radius 2 is 1.23 bits per heavy atom. The Bertz CT molecular complexity index is 1940. The first-order chi connectivity index (χ1) is 19.3. The van der Waals surface area contributed by atoms with Crippen molar-refractivity contribution in [1.82, 2.24) is 14.5 Å². The molecular formula is C35H22N4. The van der Waals surface area contributed by atoms with Crippen LogP contribution in [0, 0.1) is 11.3 Å². The van der Waals surface area contributed by atoms with Gasteiger partial charge in [0.2, 0.25) is 0 Å². The van der Waals surface area contributed by atoms with Crippen LogP contribution in [0.2, 0.25) is 0 Å². The van der Waals surface area contributed by atoms with Crippen molar-refractivity contribution in [1.29, 1.82) is 5.26 Å². The van der Waals surface area contributed by atoms with Crippen molar-refractivity contribution in [2.24, 2.45) is 0 Å². The van der Waals surface area contributed by atoms with Crippen molar-refractivity contribution < 1.29 is 0 Å². The van der Waals surface area contributed by atoms with E-state index in [4.69, 9.17) is 9.97 Å². The lowest BCUT2D eigenvalue weighted by atomic mass is 10.0. The molecule has 0 saturated carbocycles. The smallest absolute Gasteiger partial charge is 0.162 e. The number of nitrogens with zero attached hydrogens (tertiary/aromatic N) is 4. The van der Waals surface area contributed by atoms with Gasteiger partial charge in [-0.3, -0.25) is 4.57 Å². The molecule has 2 aromatic heterocycles. The van der Waals surface area contributed by atoms with Crippen LogP contribution in [0.1, 0.15) is 5.56 Å². The van der Waals surface area contributed by atoms with Gasteiger partial charge in [-0.2, -0.15) is 5.26 Å².